The van der Waals surface area contributed by atoms with Crippen molar-refractivity contribution in [1.29, 1.82) is 0 Å². The molecule has 166 valence electrons. The van der Waals surface area contributed by atoms with Crippen molar-refractivity contribution in [2.45, 2.75) is 0 Å². The van der Waals surface area contributed by atoms with Gasteiger partial charge in [0.05, 0.1) is 0 Å². The molecule has 0 heteroatoms. The molecule has 0 saturated heterocycles. The van der Waals surface area contributed by atoms with Crippen molar-refractivity contribution >= 4 is 32.3 Å². The summed E-state index contributed by atoms with van der Waals surface area (Å²) in [5, 5.41) is 7.86. The summed E-state index contributed by atoms with van der Waals surface area (Å²) in [7, 11) is 0. The summed E-state index contributed by atoms with van der Waals surface area (Å²) >= 11 is 0. The monoisotopic (exact) mass is 454 g/mol. The molecule has 0 heterocycles. The highest BCUT2D eigenvalue weighted by Gasteiger charge is 2.22. The molecule has 0 aliphatic heterocycles. The number of fused-ring (bicyclic) bond motifs is 6. The molecule has 0 amide bonds. The normalized spacial score (nSPS) is 11.9. The van der Waals surface area contributed by atoms with Crippen molar-refractivity contribution in [2.75, 3.05) is 0 Å². The van der Waals surface area contributed by atoms with E-state index in [0.717, 1.165) is 0 Å². The minimum Gasteiger partial charge on any atom is -0.0622 e. The van der Waals surface area contributed by atoms with Crippen LogP contribution in [-0.4, -0.2) is 0 Å². The van der Waals surface area contributed by atoms with E-state index in [4.69, 9.17) is 0 Å². The predicted molar refractivity (Wildman–Crippen MR) is 154 cm³/mol. The van der Waals surface area contributed by atoms with Gasteiger partial charge in [0.25, 0.3) is 0 Å². The minimum absolute atomic E-state index is 1.25. The Morgan fingerprint density at radius 2 is 0.861 bits per heavy atom. The molecule has 0 radical (unpaired) electrons. The fourth-order valence-electron chi connectivity index (χ4n) is 6.11. The number of hydrogen-bond donors (Lipinski definition) is 0. The van der Waals surface area contributed by atoms with Gasteiger partial charge in [-0.1, -0.05) is 121 Å². The second-order valence-corrected chi connectivity index (χ2v) is 9.74. The van der Waals surface area contributed by atoms with Crippen molar-refractivity contribution < 1.29 is 0 Å². The van der Waals surface area contributed by atoms with E-state index in [0.29, 0.717) is 0 Å². The molecule has 0 saturated carbocycles. The van der Waals surface area contributed by atoms with Crippen LogP contribution in [-0.2, 0) is 0 Å². The fraction of sp³-hybridized carbons (Fsp3) is 0. The Morgan fingerprint density at radius 1 is 0.278 bits per heavy atom. The molecule has 0 atom stereocenters. The van der Waals surface area contributed by atoms with E-state index in [1.54, 1.807) is 0 Å². The van der Waals surface area contributed by atoms with Crippen LogP contribution in [0.5, 0.6) is 0 Å². The van der Waals surface area contributed by atoms with Crippen LogP contribution in [0.3, 0.4) is 0 Å². The van der Waals surface area contributed by atoms with Gasteiger partial charge >= 0.3 is 0 Å². The molecule has 0 nitrogen and oxygen atoms in total. The van der Waals surface area contributed by atoms with Crippen molar-refractivity contribution in [3.8, 4) is 44.5 Å². The third kappa shape index (κ3) is 2.76. The quantitative estimate of drug-likeness (QED) is 0.228. The Morgan fingerprint density at radius 3 is 1.61 bits per heavy atom. The van der Waals surface area contributed by atoms with Crippen LogP contribution in [0.2, 0.25) is 0 Å². The number of rotatable bonds is 2. The Hall–Kier alpha value is -4.68. The van der Waals surface area contributed by atoms with Crippen LogP contribution in [0, 0.1) is 0 Å². The zero-order valence-electron chi connectivity index (χ0n) is 19.7. The third-order valence-electron chi connectivity index (χ3n) is 7.80. The van der Waals surface area contributed by atoms with Gasteiger partial charge in [0.1, 0.15) is 0 Å². The Bertz CT molecular complexity index is 1950. The van der Waals surface area contributed by atoms with E-state index >= 15 is 0 Å². The maximum absolute atomic E-state index is 2.35. The molecule has 7 aromatic rings. The van der Waals surface area contributed by atoms with Crippen LogP contribution < -0.4 is 0 Å². The van der Waals surface area contributed by atoms with Gasteiger partial charge in [-0.25, -0.2) is 0 Å². The molecule has 8 rings (SSSR count). The van der Waals surface area contributed by atoms with Gasteiger partial charge in [0.15, 0.2) is 0 Å². The third-order valence-corrected chi connectivity index (χ3v) is 7.80. The van der Waals surface area contributed by atoms with Crippen molar-refractivity contribution in [3.63, 3.8) is 0 Å². The second-order valence-electron chi connectivity index (χ2n) is 9.74. The molecular weight excluding hydrogens is 432 g/mol. The van der Waals surface area contributed by atoms with Crippen LogP contribution in [0.1, 0.15) is 0 Å². The topological polar surface area (TPSA) is 0 Å². The summed E-state index contributed by atoms with van der Waals surface area (Å²) < 4.78 is 0. The molecular formula is C36H22. The standard InChI is InChI=1S/C36H22/c1-2-7-23(8-3-1)24-15-17-28-25(21-24)13-14-26-22-27(16-18-29(26)28)30-19-20-35-32-10-5-4-9-31(32)34-12-6-11-33(30)36(34)35/h1-22H. The van der Waals surface area contributed by atoms with E-state index in [1.807, 2.05) is 0 Å². The highest BCUT2D eigenvalue weighted by molar-refractivity contribution is 6.19. The lowest BCUT2D eigenvalue weighted by Crippen LogP contribution is -1.85. The predicted octanol–water partition coefficient (Wildman–Crippen LogP) is 10.1. The van der Waals surface area contributed by atoms with Gasteiger partial charge in [-0.05, 0) is 89.0 Å². The molecule has 36 heavy (non-hydrogen) atoms. The molecule has 7 aromatic carbocycles. The van der Waals surface area contributed by atoms with Crippen molar-refractivity contribution in [2.24, 2.45) is 0 Å². The molecule has 1 aliphatic rings. The summed E-state index contributed by atoms with van der Waals surface area (Å²) in [5.74, 6) is 0. The van der Waals surface area contributed by atoms with E-state index in [1.165, 1.54) is 76.8 Å². The largest absolute Gasteiger partial charge is 0.0622 e. The first-order valence-electron chi connectivity index (χ1n) is 12.5. The van der Waals surface area contributed by atoms with E-state index in [9.17, 15) is 0 Å². The summed E-state index contributed by atoms with van der Waals surface area (Å²) in [6.07, 6.45) is 0. The fourth-order valence-corrected chi connectivity index (χ4v) is 6.11. The lowest BCUT2D eigenvalue weighted by Gasteiger charge is -2.12. The van der Waals surface area contributed by atoms with Gasteiger partial charge in [-0.2, -0.15) is 0 Å². The molecule has 0 unspecified atom stereocenters. The highest BCUT2D eigenvalue weighted by atomic mass is 14.2. The zero-order chi connectivity index (χ0) is 23.6. The molecule has 0 fully saturated rings. The Balaban J connectivity index is 1.29. The molecule has 0 bridgehead atoms. The first-order chi connectivity index (χ1) is 17.8. The van der Waals surface area contributed by atoms with E-state index in [2.05, 4.69) is 133 Å². The van der Waals surface area contributed by atoms with Gasteiger partial charge < -0.3 is 0 Å². The maximum Gasteiger partial charge on any atom is -0.00201 e. The highest BCUT2D eigenvalue weighted by Crippen LogP contribution is 2.49. The van der Waals surface area contributed by atoms with Crippen molar-refractivity contribution in [1.82, 2.24) is 0 Å². The lowest BCUT2D eigenvalue weighted by molar-refractivity contribution is 1.65. The lowest BCUT2D eigenvalue weighted by atomic mass is 9.92. The number of hydrogen-bond acceptors (Lipinski definition) is 0. The molecule has 1 aliphatic carbocycles. The van der Waals surface area contributed by atoms with E-state index in [-0.39, 0.29) is 0 Å². The van der Waals surface area contributed by atoms with Crippen LogP contribution >= 0.6 is 0 Å². The van der Waals surface area contributed by atoms with Gasteiger partial charge in [-0.3, -0.25) is 0 Å². The minimum atomic E-state index is 1.25. The first-order valence-corrected chi connectivity index (χ1v) is 12.5. The summed E-state index contributed by atoms with van der Waals surface area (Å²) in [6, 6.07) is 49.0. The smallest absolute Gasteiger partial charge is 0.00201 e. The van der Waals surface area contributed by atoms with Crippen LogP contribution in [0.15, 0.2) is 133 Å². The summed E-state index contributed by atoms with van der Waals surface area (Å²) in [6.45, 7) is 0. The second kappa shape index (κ2) is 7.41. The van der Waals surface area contributed by atoms with Gasteiger partial charge in [-0.15, -0.1) is 0 Å². The first kappa shape index (κ1) is 19.6. The van der Waals surface area contributed by atoms with E-state index < -0.39 is 0 Å². The van der Waals surface area contributed by atoms with Gasteiger partial charge in [0.2, 0.25) is 0 Å². The SMILES string of the molecule is c1ccc(-c2ccc3c(ccc4cc(-c5ccc6c7c(cccc57)-c5ccccc5-6)ccc43)c2)cc1. The van der Waals surface area contributed by atoms with Crippen LogP contribution in [0.25, 0.3) is 76.8 Å². The molecule has 0 aromatic heterocycles. The van der Waals surface area contributed by atoms with Crippen LogP contribution in [0.4, 0.5) is 0 Å². The molecule has 0 spiro atoms. The Kier molecular flexibility index (Phi) is 4.03. The average Bonchev–Trinajstić information content (AvgIpc) is 3.28. The maximum atomic E-state index is 2.35. The Labute approximate surface area is 210 Å². The zero-order valence-corrected chi connectivity index (χ0v) is 19.7. The summed E-state index contributed by atoms with van der Waals surface area (Å²) in [4.78, 5) is 0. The van der Waals surface area contributed by atoms with Gasteiger partial charge in [0, 0.05) is 0 Å². The van der Waals surface area contributed by atoms with Crippen molar-refractivity contribution in [3.05, 3.63) is 133 Å². The average molecular weight is 455 g/mol. The summed E-state index contributed by atoms with van der Waals surface area (Å²) in [5.41, 5.74) is 10.5. The number of benzene rings is 7. The molecule has 0 N–H and O–H groups in total.